The topological polar surface area (TPSA) is 72.9 Å². The summed E-state index contributed by atoms with van der Waals surface area (Å²) in [6.45, 7) is 2.39. The number of hydrogen-bond acceptors (Lipinski definition) is 5. The van der Waals surface area contributed by atoms with Crippen molar-refractivity contribution in [3.63, 3.8) is 0 Å². The van der Waals surface area contributed by atoms with Crippen LogP contribution in [0.1, 0.15) is 11.3 Å². The SMILES string of the molecule is COc1cc(OCc2cc(C)ccn2)ccc1-c1cnc(-c2ccc(F)nc2)[nH]1. The Bertz CT molecular complexity index is 1130. The lowest BCUT2D eigenvalue weighted by atomic mass is 10.1. The van der Waals surface area contributed by atoms with E-state index >= 15 is 0 Å². The minimum atomic E-state index is -0.529. The van der Waals surface area contributed by atoms with Gasteiger partial charge in [0, 0.05) is 29.6 Å². The predicted octanol–water partition coefficient (Wildman–Crippen LogP) is 4.57. The third-order valence-corrected chi connectivity index (χ3v) is 4.40. The molecule has 0 amide bonds. The Hall–Kier alpha value is -3.74. The van der Waals surface area contributed by atoms with Crippen molar-refractivity contribution in [1.29, 1.82) is 0 Å². The van der Waals surface area contributed by atoms with Gasteiger partial charge in [-0.15, -0.1) is 0 Å². The molecule has 4 aromatic rings. The number of imidazole rings is 1. The quantitative estimate of drug-likeness (QED) is 0.488. The Morgan fingerprint density at radius 1 is 1.00 bits per heavy atom. The van der Waals surface area contributed by atoms with E-state index in [9.17, 15) is 4.39 Å². The Morgan fingerprint density at radius 2 is 1.90 bits per heavy atom. The first-order valence-electron chi connectivity index (χ1n) is 9.02. The highest BCUT2D eigenvalue weighted by atomic mass is 19.1. The molecule has 0 radical (unpaired) electrons. The summed E-state index contributed by atoms with van der Waals surface area (Å²) < 4.78 is 24.4. The molecule has 0 fully saturated rings. The van der Waals surface area contributed by atoms with E-state index in [1.54, 1.807) is 25.6 Å². The van der Waals surface area contributed by atoms with Crippen LogP contribution < -0.4 is 9.47 Å². The smallest absolute Gasteiger partial charge is 0.212 e. The predicted molar refractivity (Wildman–Crippen MR) is 107 cm³/mol. The number of hydrogen-bond donors (Lipinski definition) is 1. The fourth-order valence-corrected chi connectivity index (χ4v) is 2.94. The Balaban J connectivity index is 1.54. The van der Waals surface area contributed by atoms with Crippen molar-refractivity contribution in [2.45, 2.75) is 13.5 Å². The summed E-state index contributed by atoms with van der Waals surface area (Å²) in [5.41, 5.74) is 4.30. The number of aromatic nitrogens is 4. The Morgan fingerprint density at radius 3 is 2.66 bits per heavy atom. The number of methoxy groups -OCH3 is 1. The van der Waals surface area contributed by atoms with Crippen LogP contribution in [0.25, 0.3) is 22.6 Å². The van der Waals surface area contributed by atoms with Crippen LogP contribution in [0, 0.1) is 12.9 Å². The molecule has 146 valence electrons. The zero-order valence-corrected chi connectivity index (χ0v) is 16.0. The largest absolute Gasteiger partial charge is 0.496 e. The van der Waals surface area contributed by atoms with E-state index in [2.05, 4.69) is 19.9 Å². The average molecular weight is 390 g/mol. The van der Waals surface area contributed by atoms with Gasteiger partial charge in [0.1, 0.15) is 23.9 Å². The fourth-order valence-electron chi connectivity index (χ4n) is 2.94. The normalized spacial score (nSPS) is 10.7. The standard InChI is InChI=1S/C22H19FN4O2/c1-14-7-8-24-16(9-14)13-29-17-4-5-18(20(10-17)28-2)19-12-26-22(27-19)15-3-6-21(23)25-11-15/h3-12H,13H2,1-2H3,(H,26,27). The molecule has 29 heavy (non-hydrogen) atoms. The molecule has 0 saturated heterocycles. The third kappa shape index (κ3) is 4.24. The van der Waals surface area contributed by atoms with E-state index < -0.39 is 5.95 Å². The van der Waals surface area contributed by atoms with Gasteiger partial charge in [-0.3, -0.25) is 4.98 Å². The molecule has 0 spiro atoms. The van der Waals surface area contributed by atoms with Crippen LogP contribution in [0.4, 0.5) is 4.39 Å². The number of rotatable bonds is 6. The van der Waals surface area contributed by atoms with Crippen molar-refractivity contribution in [2.75, 3.05) is 7.11 Å². The Labute approximate surface area is 167 Å². The molecular formula is C22H19FN4O2. The van der Waals surface area contributed by atoms with Gasteiger partial charge in [0.15, 0.2) is 0 Å². The Kier molecular flexibility index (Phi) is 5.20. The number of ether oxygens (including phenoxy) is 2. The second-order valence-electron chi connectivity index (χ2n) is 6.49. The summed E-state index contributed by atoms with van der Waals surface area (Å²) in [6, 6.07) is 12.5. The van der Waals surface area contributed by atoms with Crippen molar-refractivity contribution in [2.24, 2.45) is 0 Å². The van der Waals surface area contributed by atoms with Crippen molar-refractivity contribution in [1.82, 2.24) is 19.9 Å². The van der Waals surface area contributed by atoms with Crippen LogP contribution in [0.3, 0.4) is 0 Å². The molecule has 3 heterocycles. The molecule has 3 aromatic heterocycles. The monoisotopic (exact) mass is 390 g/mol. The number of H-pyrrole nitrogens is 1. The van der Waals surface area contributed by atoms with Crippen molar-refractivity contribution in [3.05, 3.63) is 78.3 Å². The molecule has 7 heteroatoms. The molecule has 0 atom stereocenters. The second-order valence-corrected chi connectivity index (χ2v) is 6.49. The summed E-state index contributed by atoms with van der Waals surface area (Å²) in [6.07, 6.45) is 4.91. The lowest BCUT2D eigenvalue weighted by Gasteiger charge is -2.11. The van der Waals surface area contributed by atoms with Crippen LogP contribution in [0.2, 0.25) is 0 Å². The highest BCUT2D eigenvalue weighted by Crippen LogP contribution is 2.33. The second kappa shape index (κ2) is 8.10. The van der Waals surface area contributed by atoms with Gasteiger partial charge >= 0.3 is 0 Å². The number of aryl methyl sites for hydroxylation is 1. The molecular weight excluding hydrogens is 371 g/mol. The minimum Gasteiger partial charge on any atom is -0.496 e. The molecule has 4 rings (SSSR count). The van der Waals surface area contributed by atoms with Gasteiger partial charge in [0.05, 0.1) is 24.7 Å². The lowest BCUT2D eigenvalue weighted by molar-refractivity contribution is 0.299. The molecule has 0 bridgehead atoms. The molecule has 0 aliphatic rings. The van der Waals surface area contributed by atoms with Crippen molar-refractivity contribution >= 4 is 0 Å². The number of benzene rings is 1. The van der Waals surface area contributed by atoms with Gasteiger partial charge < -0.3 is 14.5 Å². The first-order chi connectivity index (χ1) is 14.1. The number of aromatic amines is 1. The van der Waals surface area contributed by atoms with E-state index in [-0.39, 0.29) is 0 Å². The van der Waals surface area contributed by atoms with Crippen LogP contribution in [-0.2, 0) is 6.61 Å². The number of nitrogens with zero attached hydrogens (tertiary/aromatic N) is 3. The molecule has 6 nitrogen and oxygen atoms in total. The summed E-state index contributed by atoms with van der Waals surface area (Å²) in [5.74, 6) is 1.39. The summed E-state index contributed by atoms with van der Waals surface area (Å²) in [7, 11) is 1.60. The van der Waals surface area contributed by atoms with Gasteiger partial charge in [-0.05, 0) is 48.9 Å². The van der Waals surface area contributed by atoms with Gasteiger partial charge in [0.2, 0.25) is 5.95 Å². The maximum absolute atomic E-state index is 13.0. The maximum atomic E-state index is 13.0. The third-order valence-electron chi connectivity index (χ3n) is 4.40. The first kappa shape index (κ1) is 18.6. The van der Waals surface area contributed by atoms with Crippen LogP contribution >= 0.6 is 0 Å². The van der Waals surface area contributed by atoms with Gasteiger partial charge in [-0.25, -0.2) is 9.97 Å². The van der Waals surface area contributed by atoms with E-state index in [0.717, 1.165) is 22.5 Å². The number of nitrogens with one attached hydrogen (secondary N) is 1. The summed E-state index contributed by atoms with van der Waals surface area (Å²) in [4.78, 5) is 15.5. The zero-order chi connectivity index (χ0) is 20.2. The van der Waals surface area contributed by atoms with Gasteiger partial charge in [-0.2, -0.15) is 4.39 Å². The zero-order valence-electron chi connectivity index (χ0n) is 16.0. The summed E-state index contributed by atoms with van der Waals surface area (Å²) >= 11 is 0. The van der Waals surface area contributed by atoms with E-state index in [4.69, 9.17) is 9.47 Å². The maximum Gasteiger partial charge on any atom is 0.212 e. The molecule has 0 saturated carbocycles. The van der Waals surface area contributed by atoms with Crippen LogP contribution in [0.5, 0.6) is 11.5 Å². The van der Waals surface area contributed by atoms with Crippen LogP contribution in [0.15, 0.2) is 61.1 Å². The van der Waals surface area contributed by atoms with Gasteiger partial charge in [0.25, 0.3) is 0 Å². The summed E-state index contributed by atoms with van der Waals surface area (Å²) in [5, 5.41) is 0. The number of halogens is 1. The number of pyridine rings is 2. The molecule has 1 aromatic carbocycles. The van der Waals surface area contributed by atoms with Crippen LogP contribution in [-0.4, -0.2) is 27.0 Å². The van der Waals surface area contributed by atoms with E-state index in [0.29, 0.717) is 29.5 Å². The van der Waals surface area contributed by atoms with Gasteiger partial charge in [-0.1, -0.05) is 0 Å². The highest BCUT2D eigenvalue weighted by molar-refractivity contribution is 5.70. The van der Waals surface area contributed by atoms with E-state index in [1.165, 1.54) is 12.3 Å². The van der Waals surface area contributed by atoms with E-state index in [1.807, 2.05) is 37.3 Å². The highest BCUT2D eigenvalue weighted by Gasteiger charge is 2.12. The molecule has 0 unspecified atom stereocenters. The fraction of sp³-hybridized carbons (Fsp3) is 0.136. The minimum absolute atomic E-state index is 0.371. The molecule has 1 N–H and O–H groups in total. The molecule has 0 aliphatic carbocycles. The lowest BCUT2D eigenvalue weighted by Crippen LogP contribution is -1.99. The average Bonchev–Trinajstić information content (AvgIpc) is 3.22. The first-order valence-corrected chi connectivity index (χ1v) is 9.02. The molecule has 0 aliphatic heterocycles. The van der Waals surface area contributed by atoms with Crippen molar-refractivity contribution < 1.29 is 13.9 Å². The van der Waals surface area contributed by atoms with Crippen molar-refractivity contribution in [3.8, 4) is 34.1 Å².